The molecular formula is C6H8N4O. The van der Waals surface area contributed by atoms with Crippen LogP contribution in [-0.2, 0) is 0 Å². The minimum Gasteiger partial charge on any atom is -0.286 e. The quantitative estimate of drug-likeness (QED) is 0.552. The lowest BCUT2D eigenvalue weighted by atomic mass is 10.4. The summed E-state index contributed by atoms with van der Waals surface area (Å²) in [6.07, 6.45) is 1.51. The van der Waals surface area contributed by atoms with Gasteiger partial charge in [0.15, 0.2) is 5.69 Å². The number of hydrazine groups is 1. The van der Waals surface area contributed by atoms with E-state index >= 15 is 0 Å². The molecule has 1 rings (SSSR count). The molecule has 5 heteroatoms. The third kappa shape index (κ3) is 1.98. The number of amides is 1. The van der Waals surface area contributed by atoms with Crippen LogP contribution in [-0.4, -0.2) is 23.2 Å². The summed E-state index contributed by atoms with van der Waals surface area (Å²) in [6.45, 7) is 0. The fourth-order valence-electron chi connectivity index (χ4n) is 0.600. The van der Waals surface area contributed by atoms with E-state index in [0.29, 0.717) is 5.69 Å². The van der Waals surface area contributed by atoms with E-state index in [1.807, 2.05) is 0 Å². The van der Waals surface area contributed by atoms with E-state index in [1.165, 1.54) is 6.20 Å². The van der Waals surface area contributed by atoms with E-state index < -0.39 is 0 Å². The summed E-state index contributed by atoms with van der Waals surface area (Å²) < 4.78 is 0. The molecule has 1 amide bonds. The Kier molecular flexibility index (Phi) is 2.51. The van der Waals surface area contributed by atoms with Gasteiger partial charge in [0.25, 0.3) is 5.91 Å². The zero-order valence-electron chi connectivity index (χ0n) is 6.03. The number of aromatic nitrogens is 2. The molecular weight excluding hydrogens is 144 g/mol. The molecule has 1 aromatic heterocycles. The van der Waals surface area contributed by atoms with E-state index in [4.69, 9.17) is 0 Å². The summed E-state index contributed by atoms with van der Waals surface area (Å²) in [5.74, 6) is -0.291. The van der Waals surface area contributed by atoms with Crippen LogP contribution in [0, 0.1) is 0 Å². The van der Waals surface area contributed by atoms with E-state index in [9.17, 15) is 4.79 Å². The SMILES string of the molecule is CNNC(=O)c1cccnn1. The molecule has 0 atom stereocenters. The lowest BCUT2D eigenvalue weighted by Crippen LogP contribution is -2.34. The van der Waals surface area contributed by atoms with Crippen molar-refractivity contribution in [1.82, 2.24) is 21.0 Å². The van der Waals surface area contributed by atoms with E-state index in [-0.39, 0.29) is 5.91 Å². The molecule has 0 fully saturated rings. The molecule has 0 aromatic carbocycles. The smallest absolute Gasteiger partial charge is 0.285 e. The van der Waals surface area contributed by atoms with Gasteiger partial charge >= 0.3 is 0 Å². The van der Waals surface area contributed by atoms with Crippen LogP contribution in [0.25, 0.3) is 0 Å². The van der Waals surface area contributed by atoms with Gasteiger partial charge in [-0.15, -0.1) is 5.10 Å². The summed E-state index contributed by atoms with van der Waals surface area (Å²) in [6, 6.07) is 3.23. The van der Waals surface area contributed by atoms with Crippen LogP contribution < -0.4 is 10.9 Å². The molecule has 0 aliphatic rings. The van der Waals surface area contributed by atoms with Crippen molar-refractivity contribution in [2.24, 2.45) is 0 Å². The molecule has 0 aliphatic heterocycles. The first-order valence-corrected chi connectivity index (χ1v) is 3.09. The molecule has 5 nitrogen and oxygen atoms in total. The molecule has 58 valence electrons. The van der Waals surface area contributed by atoms with Crippen molar-refractivity contribution in [3.63, 3.8) is 0 Å². The Morgan fingerprint density at radius 1 is 1.64 bits per heavy atom. The molecule has 1 heterocycles. The monoisotopic (exact) mass is 152 g/mol. The first kappa shape index (κ1) is 7.62. The largest absolute Gasteiger partial charge is 0.286 e. The summed E-state index contributed by atoms with van der Waals surface area (Å²) in [7, 11) is 1.61. The van der Waals surface area contributed by atoms with Gasteiger partial charge in [0.2, 0.25) is 0 Å². The second-order valence-corrected chi connectivity index (χ2v) is 1.81. The van der Waals surface area contributed by atoms with Gasteiger partial charge in [-0.25, -0.2) is 5.43 Å². The molecule has 2 N–H and O–H groups in total. The summed E-state index contributed by atoms with van der Waals surface area (Å²) in [5.41, 5.74) is 5.16. The maximum absolute atomic E-state index is 11.0. The topological polar surface area (TPSA) is 66.9 Å². The Labute approximate surface area is 63.8 Å². The molecule has 0 aliphatic carbocycles. The minimum atomic E-state index is -0.291. The number of nitrogens with one attached hydrogen (secondary N) is 2. The van der Waals surface area contributed by atoms with Crippen LogP contribution in [0.2, 0.25) is 0 Å². The average molecular weight is 152 g/mol. The third-order valence-corrected chi connectivity index (χ3v) is 1.04. The van der Waals surface area contributed by atoms with E-state index in [2.05, 4.69) is 21.0 Å². The van der Waals surface area contributed by atoms with Gasteiger partial charge in [-0.2, -0.15) is 5.10 Å². The van der Waals surface area contributed by atoms with Crippen molar-refractivity contribution in [1.29, 1.82) is 0 Å². The number of hydrogen-bond donors (Lipinski definition) is 2. The lowest BCUT2D eigenvalue weighted by Gasteiger charge is -1.99. The number of rotatable bonds is 2. The van der Waals surface area contributed by atoms with Gasteiger partial charge in [0.05, 0.1) is 0 Å². The zero-order valence-corrected chi connectivity index (χ0v) is 6.03. The molecule has 11 heavy (non-hydrogen) atoms. The second-order valence-electron chi connectivity index (χ2n) is 1.81. The Balaban J connectivity index is 2.69. The minimum absolute atomic E-state index is 0.291. The molecule has 0 radical (unpaired) electrons. The van der Waals surface area contributed by atoms with Crippen LogP contribution in [0.1, 0.15) is 10.5 Å². The van der Waals surface area contributed by atoms with Crippen LogP contribution in [0.5, 0.6) is 0 Å². The highest BCUT2D eigenvalue weighted by Gasteiger charge is 2.03. The molecule has 1 aromatic rings. The van der Waals surface area contributed by atoms with Crippen molar-refractivity contribution < 1.29 is 4.79 Å². The van der Waals surface area contributed by atoms with Crippen LogP contribution in [0.4, 0.5) is 0 Å². The summed E-state index contributed by atoms with van der Waals surface area (Å²) in [4.78, 5) is 11.0. The van der Waals surface area contributed by atoms with E-state index in [0.717, 1.165) is 0 Å². The highest BCUT2D eigenvalue weighted by molar-refractivity contribution is 5.91. The first-order chi connectivity index (χ1) is 5.34. The molecule has 0 saturated heterocycles. The standard InChI is InChI=1S/C6H8N4O/c1-7-10-6(11)5-3-2-4-8-9-5/h2-4,7H,1H3,(H,10,11). The molecule has 0 unspecified atom stereocenters. The number of carbonyl (C=O) groups excluding carboxylic acids is 1. The summed E-state index contributed by atoms with van der Waals surface area (Å²) in [5, 5.41) is 7.14. The highest BCUT2D eigenvalue weighted by Crippen LogP contribution is 1.88. The van der Waals surface area contributed by atoms with Gasteiger partial charge in [-0.3, -0.25) is 10.2 Å². The highest BCUT2D eigenvalue weighted by atomic mass is 16.2. The predicted octanol–water partition coefficient (Wildman–Crippen LogP) is -0.659. The Hall–Kier alpha value is -1.49. The van der Waals surface area contributed by atoms with Gasteiger partial charge in [0.1, 0.15) is 0 Å². The molecule has 0 saturated carbocycles. The maximum atomic E-state index is 11.0. The molecule has 0 spiro atoms. The van der Waals surface area contributed by atoms with Gasteiger partial charge in [0, 0.05) is 13.2 Å². The van der Waals surface area contributed by atoms with Crippen LogP contribution in [0.3, 0.4) is 0 Å². The van der Waals surface area contributed by atoms with Crippen molar-refractivity contribution in [2.75, 3.05) is 7.05 Å². The average Bonchev–Trinajstić information content (AvgIpc) is 2.07. The lowest BCUT2D eigenvalue weighted by molar-refractivity contribution is 0.0932. The van der Waals surface area contributed by atoms with E-state index in [1.54, 1.807) is 19.2 Å². The normalized spacial score (nSPS) is 9.18. The van der Waals surface area contributed by atoms with Crippen molar-refractivity contribution in [3.05, 3.63) is 24.0 Å². The Morgan fingerprint density at radius 3 is 3.00 bits per heavy atom. The first-order valence-electron chi connectivity index (χ1n) is 3.09. The molecule has 0 bridgehead atoms. The van der Waals surface area contributed by atoms with Crippen molar-refractivity contribution in [2.45, 2.75) is 0 Å². The van der Waals surface area contributed by atoms with Crippen molar-refractivity contribution in [3.8, 4) is 0 Å². The van der Waals surface area contributed by atoms with Crippen LogP contribution >= 0.6 is 0 Å². The Morgan fingerprint density at radius 2 is 2.45 bits per heavy atom. The summed E-state index contributed by atoms with van der Waals surface area (Å²) >= 11 is 0. The van der Waals surface area contributed by atoms with Gasteiger partial charge in [-0.05, 0) is 12.1 Å². The van der Waals surface area contributed by atoms with Crippen molar-refractivity contribution >= 4 is 5.91 Å². The zero-order chi connectivity index (χ0) is 8.10. The fourth-order valence-corrected chi connectivity index (χ4v) is 0.600. The fraction of sp³-hybridized carbons (Fsp3) is 0.167. The second kappa shape index (κ2) is 3.62. The van der Waals surface area contributed by atoms with Crippen LogP contribution in [0.15, 0.2) is 18.3 Å². The predicted molar refractivity (Wildman–Crippen MR) is 38.6 cm³/mol. The number of carbonyl (C=O) groups is 1. The third-order valence-electron chi connectivity index (χ3n) is 1.04. The maximum Gasteiger partial charge on any atom is 0.285 e. The number of hydrogen-bond acceptors (Lipinski definition) is 4. The number of nitrogens with zero attached hydrogens (tertiary/aromatic N) is 2. The Bertz CT molecular complexity index is 236. The van der Waals surface area contributed by atoms with Gasteiger partial charge < -0.3 is 0 Å². The van der Waals surface area contributed by atoms with Gasteiger partial charge in [-0.1, -0.05) is 0 Å².